The number of halogens is 4. The van der Waals surface area contributed by atoms with Gasteiger partial charge in [0.1, 0.15) is 17.3 Å². The van der Waals surface area contributed by atoms with Crippen LogP contribution in [0.3, 0.4) is 0 Å². The fourth-order valence-corrected chi connectivity index (χ4v) is 3.05. The van der Waals surface area contributed by atoms with E-state index in [2.05, 4.69) is 15.0 Å². The molecule has 3 rings (SSSR count). The largest absolute Gasteiger partial charge is 0.573 e. The van der Waals surface area contributed by atoms with Crippen LogP contribution >= 0.6 is 11.6 Å². The van der Waals surface area contributed by atoms with Gasteiger partial charge in [0, 0.05) is 29.7 Å². The first-order chi connectivity index (χ1) is 14.6. The van der Waals surface area contributed by atoms with Crippen molar-refractivity contribution in [3.63, 3.8) is 0 Å². The van der Waals surface area contributed by atoms with Crippen LogP contribution in [0, 0.1) is 12.8 Å². The van der Waals surface area contributed by atoms with E-state index in [1.54, 1.807) is 19.1 Å². The third-order valence-corrected chi connectivity index (χ3v) is 4.71. The highest BCUT2D eigenvalue weighted by Crippen LogP contribution is 2.32. The number of carbonyl (C=O) groups excluding carboxylic acids is 2. The number of aromatic nitrogens is 1. The number of carbonyl (C=O) groups is 2. The zero-order chi connectivity index (χ0) is 22.6. The number of ether oxygens (including phenoxy) is 2. The van der Waals surface area contributed by atoms with Gasteiger partial charge >= 0.3 is 6.36 Å². The van der Waals surface area contributed by atoms with E-state index >= 15 is 0 Å². The lowest BCUT2D eigenvalue weighted by molar-refractivity contribution is -0.274. The Morgan fingerprint density at radius 2 is 1.97 bits per heavy atom. The molecule has 0 bridgehead atoms. The topological polar surface area (TPSA) is 77.5 Å². The molecular weight excluding hydrogens is 437 g/mol. The molecular formula is C21H20ClF3N2O4. The van der Waals surface area contributed by atoms with Crippen LogP contribution in [0.25, 0.3) is 0 Å². The van der Waals surface area contributed by atoms with Crippen molar-refractivity contribution in [3.05, 3.63) is 46.6 Å². The van der Waals surface area contributed by atoms with E-state index in [1.165, 1.54) is 6.07 Å². The molecule has 0 spiro atoms. The zero-order valence-electron chi connectivity index (χ0n) is 16.6. The van der Waals surface area contributed by atoms with Crippen molar-refractivity contribution in [2.45, 2.75) is 39.0 Å². The third-order valence-electron chi connectivity index (χ3n) is 4.42. The summed E-state index contributed by atoms with van der Waals surface area (Å²) in [5, 5.41) is 2.70. The lowest BCUT2D eigenvalue weighted by Crippen LogP contribution is -2.17. The quantitative estimate of drug-likeness (QED) is 0.407. The molecule has 1 aliphatic rings. The number of hydrogen-bond acceptors (Lipinski definition) is 5. The Morgan fingerprint density at radius 3 is 2.61 bits per heavy atom. The molecule has 2 aromatic rings. The molecule has 0 saturated heterocycles. The normalized spacial score (nSPS) is 13.6. The maximum Gasteiger partial charge on any atom is 0.573 e. The summed E-state index contributed by atoms with van der Waals surface area (Å²) in [6, 6.07) is 6.56. The molecule has 10 heteroatoms. The zero-order valence-corrected chi connectivity index (χ0v) is 17.3. The molecule has 1 aromatic carbocycles. The number of Topliss-reactive ketones (excluding diaryl/α,β-unsaturated/α-hetero) is 1. The highest BCUT2D eigenvalue weighted by atomic mass is 35.5. The monoisotopic (exact) mass is 456 g/mol. The smallest absolute Gasteiger partial charge is 0.492 e. The van der Waals surface area contributed by atoms with E-state index in [0.717, 1.165) is 25.0 Å². The summed E-state index contributed by atoms with van der Waals surface area (Å²) in [6.07, 6.45) is -2.54. The van der Waals surface area contributed by atoms with Crippen molar-refractivity contribution in [2.75, 3.05) is 11.9 Å². The van der Waals surface area contributed by atoms with Crippen LogP contribution < -0.4 is 14.8 Å². The number of aryl methyl sites for hydroxylation is 1. The summed E-state index contributed by atoms with van der Waals surface area (Å²) in [4.78, 5) is 28.6. The number of rotatable bonds is 9. The maximum atomic E-state index is 12.5. The molecule has 0 aliphatic heterocycles. The van der Waals surface area contributed by atoms with Crippen molar-refractivity contribution in [3.8, 4) is 11.5 Å². The van der Waals surface area contributed by atoms with E-state index in [4.69, 9.17) is 16.3 Å². The van der Waals surface area contributed by atoms with Gasteiger partial charge in [-0.3, -0.25) is 9.59 Å². The first kappa shape index (κ1) is 22.9. The van der Waals surface area contributed by atoms with Crippen molar-refractivity contribution in [2.24, 2.45) is 5.92 Å². The van der Waals surface area contributed by atoms with Crippen LogP contribution in [0.15, 0.2) is 30.3 Å². The Hall–Kier alpha value is -2.81. The van der Waals surface area contributed by atoms with E-state index < -0.39 is 12.1 Å². The van der Waals surface area contributed by atoms with E-state index in [0.29, 0.717) is 23.5 Å². The molecule has 1 aromatic heterocycles. The molecule has 1 amide bonds. The highest BCUT2D eigenvalue weighted by Gasteiger charge is 2.31. The highest BCUT2D eigenvalue weighted by molar-refractivity contribution is 6.32. The van der Waals surface area contributed by atoms with Crippen molar-refractivity contribution in [1.29, 1.82) is 0 Å². The summed E-state index contributed by atoms with van der Waals surface area (Å²) >= 11 is 5.92. The second-order valence-electron chi connectivity index (χ2n) is 7.16. The Kier molecular flexibility index (Phi) is 7.04. The molecule has 0 radical (unpaired) electrons. The summed E-state index contributed by atoms with van der Waals surface area (Å²) in [5.41, 5.74) is 1.05. The minimum atomic E-state index is -4.81. The van der Waals surface area contributed by atoms with Gasteiger partial charge in [0.2, 0.25) is 5.91 Å². The molecule has 166 valence electrons. The first-order valence-electron chi connectivity index (χ1n) is 9.61. The van der Waals surface area contributed by atoms with Gasteiger partial charge in [0.25, 0.3) is 0 Å². The van der Waals surface area contributed by atoms with Crippen LogP contribution in [-0.4, -0.2) is 29.6 Å². The standard InChI is InChI=1S/C21H20ClF3N2O4/c1-12-9-14(10-19(26-12)27-20(29)13-4-5-13)17(28)3-2-8-30-18-7-6-15(11-16(18)22)31-21(23,24)25/h6-7,9-11,13H,2-5,8H2,1H3,(H,26,27,29). The number of amides is 1. The fourth-order valence-electron chi connectivity index (χ4n) is 2.82. The number of benzene rings is 1. The fraction of sp³-hybridized carbons (Fsp3) is 0.381. The Labute approximate surface area is 181 Å². The molecule has 0 atom stereocenters. The summed E-state index contributed by atoms with van der Waals surface area (Å²) < 4.78 is 45.9. The van der Waals surface area contributed by atoms with Gasteiger partial charge in [-0.05, 0) is 50.5 Å². The van der Waals surface area contributed by atoms with Gasteiger partial charge in [-0.1, -0.05) is 11.6 Å². The number of nitrogens with zero attached hydrogens (tertiary/aromatic N) is 1. The van der Waals surface area contributed by atoms with Gasteiger partial charge < -0.3 is 14.8 Å². The molecule has 6 nitrogen and oxygen atoms in total. The molecule has 1 fully saturated rings. The Balaban J connectivity index is 1.50. The molecule has 1 heterocycles. The molecule has 31 heavy (non-hydrogen) atoms. The van der Waals surface area contributed by atoms with Gasteiger partial charge in [-0.2, -0.15) is 0 Å². The number of nitrogens with one attached hydrogen (secondary N) is 1. The van der Waals surface area contributed by atoms with Crippen LogP contribution in [0.1, 0.15) is 41.7 Å². The van der Waals surface area contributed by atoms with Gasteiger partial charge in [-0.25, -0.2) is 4.98 Å². The number of alkyl halides is 3. The second-order valence-corrected chi connectivity index (χ2v) is 7.57. The molecule has 0 unspecified atom stereocenters. The van der Waals surface area contributed by atoms with Crippen LogP contribution in [0.2, 0.25) is 5.02 Å². The Morgan fingerprint density at radius 1 is 1.23 bits per heavy atom. The van der Waals surface area contributed by atoms with E-state index in [9.17, 15) is 22.8 Å². The molecule has 1 aliphatic carbocycles. The predicted molar refractivity (Wildman–Crippen MR) is 108 cm³/mol. The summed E-state index contributed by atoms with van der Waals surface area (Å²) in [7, 11) is 0. The average Bonchev–Trinajstić information content (AvgIpc) is 3.50. The van der Waals surface area contributed by atoms with Gasteiger partial charge in [0.05, 0.1) is 11.6 Å². The minimum Gasteiger partial charge on any atom is -0.492 e. The molecule has 1 saturated carbocycles. The summed E-state index contributed by atoms with van der Waals surface area (Å²) in [5.74, 6) is -0.111. The lowest BCUT2D eigenvalue weighted by atomic mass is 10.1. The average molecular weight is 457 g/mol. The van der Waals surface area contributed by atoms with Crippen LogP contribution in [0.4, 0.5) is 19.0 Å². The maximum absolute atomic E-state index is 12.5. The molecule has 1 N–H and O–H groups in total. The van der Waals surface area contributed by atoms with Crippen molar-refractivity contribution in [1.82, 2.24) is 4.98 Å². The number of ketones is 1. The first-order valence-corrected chi connectivity index (χ1v) is 9.99. The van der Waals surface area contributed by atoms with E-state index in [-0.39, 0.29) is 41.4 Å². The van der Waals surface area contributed by atoms with Crippen molar-refractivity contribution < 1.29 is 32.2 Å². The van der Waals surface area contributed by atoms with Crippen LogP contribution in [-0.2, 0) is 4.79 Å². The van der Waals surface area contributed by atoms with Crippen LogP contribution in [0.5, 0.6) is 11.5 Å². The second kappa shape index (κ2) is 9.55. The SMILES string of the molecule is Cc1cc(C(=O)CCCOc2ccc(OC(F)(F)F)cc2Cl)cc(NC(=O)C2CC2)n1. The van der Waals surface area contributed by atoms with Gasteiger partial charge in [-0.15, -0.1) is 13.2 Å². The number of pyridine rings is 1. The Bertz CT molecular complexity index is 978. The van der Waals surface area contributed by atoms with Gasteiger partial charge in [0.15, 0.2) is 5.78 Å². The number of anilines is 1. The summed E-state index contributed by atoms with van der Waals surface area (Å²) in [6.45, 7) is 1.88. The van der Waals surface area contributed by atoms with Crippen molar-refractivity contribution >= 4 is 29.1 Å². The van der Waals surface area contributed by atoms with E-state index in [1.807, 2.05) is 0 Å². The predicted octanol–water partition coefficient (Wildman–Crippen LogP) is 5.33. The third kappa shape index (κ3) is 7.13. The number of hydrogen-bond donors (Lipinski definition) is 1. The lowest BCUT2D eigenvalue weighted by Gasteiger charge is -2.12. The minimum absolute atomic E-state index is 0.0273.